The molecule has 1 saturated heterocycles. The maximum Gasteiger partial charge on any atom is 0.258 e. The number of ether oxygens (including phenoxy) is 1. The summed E-state index contributed by atoms with van der Waals surface area (Å²) in [5.41, 5.74) is 0.650. The van der Waals surface area contributed by atoms with Gasteiger partial charge < -0.3 is 15.0 Å². The van der Waals surface area contributed by atoms with Gasteiger partial charge in [-0.25, -0.2) is 4.98 Å². The Morgan fingerprint density at radius 2 is 2.22 bits per heavy atom. The number of rotatable bonds is 2. The van der Waals surface area contributed by atoms with Crippen LogP contribution in [0.1, 0.15) is 18.3 Å². The first-order valence-corrected chi connectivity index (χ1v) is 6.03. The fraction of sp³-hybridized carbons (Fsp3) is 0.385. The number of para-hydroxylation sites is 1. The summed E-state index contributed by atoms with van der Waals surface area (Å²) < 4.78 is 5.30. The second kappa shape index (κ2) is 4.51. The van der Waals surface area contributed by atoms with Crippen LogP contribution in [0.15, 0.2) is 29.1 Å². The molecule has 0 radical (unpaired) electrons. The fourth-order valence-corrected chi connectivity index (χ4v) is 2.36. The van der Waals surface area contributed by atoms with E-state index in [0.29, 0.717) is 11.2 Å². The monoisotopic (exact) mass is 245 g/mol. The van der Waals surface area contributed by atoms with Crippen LogP contribution < -0.4 is 10.9 Å². The van der Waals surface area contributed by atoms with E-state index >= 15 is 0 Å². The Morgan fingerprint density at radius 1 is 1.39 bits per heavy atom. The highest BCUT2D eigenvalue weighted by molar-refractivity contribution is 5.77. The second-order valence-electron chi connectivity index (χ2n) is 4.52. The lowest BCUT2D eigenvalue weighted by Crippen LogP contribution is -2.21. The molecular weight excluding hydrogens is 230 g/mol. The molecule has 1 fully saturated rings. The molecule has 0 spiro atoms. The predicted octanol–water partition coefficient (Wildman–Crippen LogP) is 0.972. The van der Waals surface area contributed by atoms with Gasteiger partial charge in [0, 0.05) is 13.7 Å². The third-order valence-corrected chi connectivity index (χ3v) is 3.39. The molecule has 1 aromatic heterocycles. The number of fused-ring (bicyclic) bond motifs is 1. The molecule has 0 unspecified atom stereocenters. The zero-order valence-electron chi connectivity index (χ0n) is 10.1. The zero-order chi connectivity index (χ0) is 12.5. The Hall–Kier alpha value is -1.72. The number of H-pyrrole nitrogens is 1. The van der Waals surface area contributed by atoms with Crippen molar-refractivity contribution in [3.63, 3.8) is 0 Å². The van der Waals surface area contributed by atoms with E-state index in [9.17, 15) is 4.79 Å². The van der Waals surface area contributed by atoms with Gasteiger partial charge in [-0.05, 0) is 18.6 Å². The Kier molecular flexibility index (Phi) is 2.85. The maximum atomic E-state index is 12.0. The van der Waals surface area contributed by atoms with Crippen LogP contribution in [0, 0.1) is 0 Å². The molecule has 1 aliphatic heterocycles. The van der Waals surface area contributed by atoms with Gasteiger partial charge in [-0.2, -0.15) is 0 Å². The van der Waals surface area contributed by atoms with E-state index in [0.717, 1.165) is 18.5 Å². The molecule has 0 amide bonds. The van der Waals surface area contributed by atoms with Crippen molar-refractivity contribution in [2.45, 2.75) is 18.6 Å². The first-order chi connectivity index (χ1) is 8.78. The summed E-state index contributed by atoms with van der Waals surface area (Å²) in [4.78, 5) is 19.3. The van der Waals surface area contributed by atoms with Crippen LogP contribution >= 0.6 is 0 Å². The van der Waals surface area contributed by atoms with E-state index in [-0.39, 0.29) is 17.7 Å². The highest BCUT2D eigenvalue weighted by atomic mass is 16.5. The van der Waals surface area contributed by atoms with Crippen molar-refractivity contribution in [3.05, 3.63) is 40.4 Å². The largest absolute Gasteiger partial charge is 0.380 e. The quantitative estimate of drug-likeness (QED) is 0.827. The number of methoxy groups -OCH3 is 1. The molecule has 0 bridgehead atoms. The van der Waals surface area contributed by atoms with E-state index in [1.165, 1.54) is 0 Å². The second-order valence-corrected chi connectivity index (χ2v) is 4.52. The van der Waals surface area contributed by atoms with Crippen LogP contribution in [0.4, 0.5) is 0 Å². The van der Waals surface area contributed by atoms with Crippen molar-refractivity contribution in [2.24, 2.45) is 0 Å². The molecule has 2 aromatic rings. The van der Waals surface area contributed by atoms with Gasteiger partial charge in [0.15, 0.2) is 0 Å². The standard InChI is InChI=1S/C13H15N3O2/c1-18-8-6-11(14-7-8)12-15-10-5-3-2-4-9(10)13(17)16-12/h2-5,8,11,14H,6-7H2,1H3,(H,15,16,17)/t8-,11+/m1/s1. The predicted molar refractivity (Wildman–Crippen MR) is 68.5 cm³/mol. The highest BCUT2D eigenvalue weighted by Gasteiger charge is 2.26. The number of hydrogen-bond acceptors (Lipinski definition) is 4. The molecule has 3 rings (SSSR count). The Morgan fingerprint density at radius 3 is 3.00 bits per heavy atom. The van der Waals surface area contributed by atoms with Crippen LogP contribution in [0.3, 0.4) is 0 Å². The minimum absolute atomic E-state index is 0.0623. The van der Waals surface area contributed by atoms with Crippen molar-refractivity contribution in [2.75, 3.05) is 13.7 Å². The maximum absolute atomic E-state index is 12.0. The van der Waals surface area contributed by atoms with Crippen molar-refractivity contribution in [1.29, 1.82) is 0 Å². The number of nitrogens with one attached hydrogen (secondary N) is 2. The van der Waals surface area contributed by atoms with Gasteiger partial charge >= 0.3 is 0 Å². The van der Waals surface area contributed by atoms with Crippen LogP contribution in [0.5, 0.6) is 0 Å². The summed E-state index contributed by atoms with van der Waals surface area (Å²) in [5, 5.41) is 3.94. The van der Waals surface area contributed by atoms with Crippen LogP contribution in [-0.2, 0) is 4.74 Å². The zero-order valence-corrected chi connectivity index (χ0v) is 10.1. The average Bonchev–Trinajstić information content (AvgIpc) is 2.87. The van der Waals surface area contributed by atoms with Crippen LogP contribution in [0.25, 0.3) is 10.9 Å². The third-order valence-electron chi connectivity index (χ3n) is 3.39. The minimum atomic E-state index is -0.0849. The lowest BCUT2D eigenvalue weighted by atomic mass is 10.1. The molecular formula is C13H15N3O2. The van der Waals surface area contributed by atoms with Crippen molar-refractivity contribution in [1.82, 2.24) is 15.3 Å². The molecule has 2 N–H and O–H groups in total. The normalized spacial score (nSPS) is 23.6. The first kappa shape index (κ1) is 11.4. The summed E-state index contributed by atoms with van der Waals surface area (Å²) in [5.74, 6) is 0.693. The minimum Gasteiger partial charge on any atom is -0.380 e. The number of aromatic amines is 1. The average molecular weight is 245 g/mol. The van der Waals surface area contributed by atoms with E-state index < -0.39 is 0 Å². The molecule has 5 heteroatoms. The molecule has 1 aromatic carbocycles. The van der Waals surface area contributed by atoms with Gasteiger partial charge in [0.25, 0.3) is 5.56 Å². The molecule has 0 saturated carbocycles. The van der Waals surface area contributed by atoms with Crippen LogP contribution in [-0.4, -0.2) is 29.7 Å². The fourth-order valence-electron chi connectivity index (χ4n) is 2.36. The third kappa shape index (κ3) is 1.91. The lowest BCUT2D eigenvalue weighted by molar-refractivity contribution is 0.117. The molecule has 0 aliphatic carbocycles. The van der Waals surface area contributed by atoms with Gasteiger partial charge in [-0.3, -0.25) is 4.79 Å². The summed E-state index contributed by atoms with van der Waals surface area (Å²) in [6, 6.07) is 7.43. The van der Waals surface area contributed by atoms with Gasteiger partial charge in [-0.15, -0.1) is 0 Å². The highest BCUT2D eigenvalue weighted by Crippen LogP contribution is 2.22. The SMILES string of the molecule is CO[C@H]1CN[C@H](c2nc3ccccc3c(=O)[nH]2)C1. The first-order valence-electron chi connectivity index (χ1n) is 6.03. The molecule has 2 atom stereocenters. The van der Waals surface area contributed by atoms with E-state index in [4.69, 9.17) is 4.74 Å². The lowest BCUT2D eigenvalue weighted by Gasteiger charge is -2.10. The summed E-state index contributed by atoms with van der Waals surface area (Å²) >= 11 is 0. The van der Waals surface area contributed by atoms with Crippen molar-refractivity contribution in [3.8, 4) is 0 Å². The van der Waals surface area contributed by atoms with Gasteiger partial charge in [0.1, 0.15) is 5.82 Å². The molecule has 18 heavy (non-hydrogen) atoms. The summed E-state index contributed by atoms with van der Waals surface area (Å²) in [7, 11) is 1.70. The van der Waals surface area contributed by atoms with Gasteiger partial charge in [0.2, 0.25) is 0 Å². The number of nitrogens with zero attached hydrogens (tertiary/aromatic N) is 1. The number of hydrogen-bond donors (Lipinski definition) is 2. The molecule has 94 valence electrons. The topological polar surface area (TPSA) is 67.0 Å². The van der Waals surface area contributed by atoms with Crippen LogP contribution in [0.2, 0.25) is 0 Å². The summed E-state index contributed by atoms with van der Waals surface area (Å²) in [6.45, 7) is 0.789. The Labute approximate surface area is 104 Å². The van der Waals surface area contributed by atoms with E-state index in [1.807, 2.05) is 18.2 Å². The summed E-state index contributed by atoms with van der Waals surface area (Å²) in [6.07, 6.45) is 1.02. The number of aromatic nitrogens is 2. The van der Waals surface area contributed by atoms with E-state index in [1.54, 1.807) is 13.2 Å². The van der Waals surface area contributed by atoms with Gasteiger partial charge in [0.05, 0.1) is 23.0 Å². The Bertz CT molecular complexity index is 623. The van der Waals surface area contributed by atoms with Crippen molar-refractivity contribution < 1.29 is 4.74 Å². The Balaban J connectivity index is 2.01. The molecule has 5 nitrogen and oxygen atoms in total. The van der Waals surface area contributed by atoms with E-state index in [2.05, 4.69) is 15.3 Å². The number of benzene rings is 1. The molecule has 2 heterocycles. The smallest absolute Gasteiger partial charge is 0.258 e. The van der Waals surface area contributed by atoms with Crippen molar-refractivity contribution >= 4 is 10.9 Å². The molecule has 1 aliphatic rings. The van der Waals surface area contributed by atoms with Gasteiger partial charge in [-0.1, -0.05) is 12.1 Å².